The number of amides is 6. The Bertz CT molecular complexity index is 2370. The Morgan fingerprint density at radius 2 is 1.41 bits per heavy atom. The van der Waals surface area contributed by atoms with Crippen LogP contribution < -0.4 is 42.0 Å². The Balaban J connectivity index is 0.823. The summed E-state index contributed by atoms with van der Waals surface area (Å²) in [5, 5.41) is 26.7. The summed E-state index contributed by atoms with van der Waals surface area (Å²) >= 11 is 1.87. The van der Waals surface area contributed by atoms with E-state index in [1.807, 2.05) is 11.8 Å². The van der Waals surface area contributed by atoms with E-state index in [2.05, 4.69) is 47.4 Å². The zero-order valence-corrected chi connectivity index (χ0v) is 42.3. The molecule has 0 saturated carbocycles. The maximum atomic E-state index is 14.0. The molecule has 3 heterocycles. The average molecular weight is 1080 g/mol. The van der Waals surface area contributed by atoms with Gasteiger partial charge >= 0.3 is 17.9 Å². The number of hydrogen-bond donors (Lipinski definition) is 7. The molecule has 75 heavy (non-hydrogen) atoms. The molecule has 0 aromatic heterocycles. The van der Waals surface area contributed by atoms with Crippen LogP contribution in [0.5, 0.6) is 5.75 Å². The van der Waals surface area contributed by atoms with Crippen molar-refractivity contribution in [3.05, 3.63) is 101 Å². The number of benzene rings is 3. The number of nitrogens with zero attached hydrogens (tertiary/aromatic N) is 2. The van der Waals surface area contributed by atoms with Gasteiger partial charge in [0.15, 0.2) is 0 Å². The molecule has 7 N–H and O–H groups in total. The van der Waals surface area contributed by atoms with Crippen molar-refractivity contribution in [1.29, 1.82) is 0 Å². The van der Waals surface area contributed by atoms with Gasteiger partial charge in [-0.25, -0.2) is 13.6 Å². The molecular formula is C50H64F5N9O10S. The number of alkyl halides is 3. The van der Waals surface area contributed by atoms with Gasteiger partial charge in [-0.3, -0.25) is 19.2 Å². The van der Waals surface area contributed by atoms with Crippen LogP contribution in [-0.4, -0.2) is 144 Å². The summed E-state index contributed by atoms with van der Waals surface area (Å²) < 4.78 is 97.4. The second-order valence-corrected chi connectivity index (χ2v) is 19.0. The van der Waals surface area contributed by atoms with Gasteiger partial charge in [-0.2, -0.15) is 24.9 Å². The van der Waals surface area contributed by atoms with Crippen LogP contribution in [0.15, 0.2) is 77.0 Å². The van der Waals surface area contributed by atoms with E-state index >= 15 is 0 Å². The van der Waals surface area contributed by atoms with E-state index in [-0.39, 0.29) is 73.9 Å². The van der Waals surface area contributed by atoms with Crippen LogP contribution in [0.1, 0.15) is 60.9 Å². The highest BCUT2D eigenvalue weighted by molar-refractivity contribution is 8.00. The Labute approximate surface area is 435 Å². The third-order valence-electron chi connectivity index (χ3n) is 12.1. The second-order valence-electron chi connectivity index (χ2n) is 17.8. The number of ether oxygens (including phenoxy) is 5. The Morgan fingerprint density at radius 3 is 2.08 bits per heavy atom. The van der Waals surface area contributed by atoms with E-state index in [1.165, 1.54) is 19.1 Å². The van der Waals surface area contributed by atoms with Crippen LogP contribution in [-0.2, 0) is 56.8 Å². The Kier molecular flexibility index (Phi) is 22.8. The van der Waals surface area contributed by atoms with E-state index in [0.717, 1.165) is 43.2 Å². The SMILES string of the molecule is C[C@H](NC(=O)Cc1cc(F)cc(F)c1)C(=O)N[C@H](C(=O)NCc1ccc(C2(C(F)(F)F)N=N2)cc1OCCOCCOCCNCCOCCOCCNC(=O)CCCC[C@@H]1SC[C@@H]2NC(=O)N[C@@H]21)c1ccccc1. The van der Waals surface area contributed by atoms with Gasteiger partial charge in [0.1, 0.15) is 36.1 Å². The minimum Gasteiger partial charge on any atom is -0.491 e. The minimum atomic E-state index is -4.81. The van der Waals surface area contributed by atoms with Crippen LogP contribution >= 0.6 is 11.8 Å². The average Bonchev–Trinajstić information content (AvgIpc) is 4.04. The first-order valence-corrected chi connectivity index (χ1v) is 25.8. The summed E-state index contributed by atoms with van der Waals surface area (Å²) in [5.74, 6) is -2.96. The molecule has 19 nitrogen and oxygen atoms in total. The first-order chi connectivity index (χ1) is 36.1. The van der Waals surface area contributed by atoms with E-state index in [1.54, 1.807) is 30.3 Å². The summed E-state index contributed by atoms with van der Waals surface area (Å²) in [6.45, 7) is 5.20. The van der Waals surface area contributed by atoms with Crippen molar-refractivity contribution >= 4 is 41.4 Å². The number of fused-ring (bicyclic) bond motifs is 1. The van der Waals surface area contributed by atoms with Crippen LogP contribution in [0.25, 0.3) is 0 Å². The molecule has 0 radical (unpaired) electrons. The van der Waals surface area contributed by atoms with Gasteiger partial charge in [-0.15, -0.1) is 10.2 Å². The minimum absolute atomic E-state index is 0.00263. The molecule has 5 atom stereocenters. The predicted molar refractivity (Wildman–Crippen MR) is 264 cm³/mol. The lowest BCUT2D eigenvalue weighted by molar-refractivity contribution is -0.166. The lowest BCUT2D eigenvalue weighted by Crippen LogP contribution is -2.49. The second kappa shape index (κ2) is 29.3. The molecule has 3 aromatic carbocycles. The van der Waals surface area contributed by atoms with Crippen molar-refractivity contribution < 1.29 is 69.6 Å². The van der Waals surface area contributed by atoms with E-state index in [0.29, 0.717) is 81.5 Å². The standard InChI is InChI=1S/C50H64F5N9O10S/c1-32(59-43(66)27-33-25-37(51)29-38(52)26-33)46(67)61-44(34-7-3-2-4-8-34)47(68)58-30-35-11-12-36(49(63-64-49)50(53,54)55)28-40(35)74-24-23-73-22-21-71-17-14-56-13-16-70-19-20-72-18-15-57-42(65)10-6-5-9-41-45-39(31-75-41)60-48(69)62-45/h2-4,7-8,11-12,25-26,28-29,32,39,41,44-45,56H,5-6,9-10,13-24,27,30-31H2,1H3,(H,57,65)(H,58,68)(H,59,66)(H,61,67)(H2,60,62,69)/t32-,39-,41-,44-,45-/m0/s1. The van der Waals surface area contributed by atoms with Crippen LogP contribution in [0, 0.1) is 11.6 Å². The lowest BCUT2D eigenvalue weighted by Gasteiger charge is -2.22. The number of urea groups is 1. The zero-order valence-electron chi connectivity index (χ0n) is 41.4. The molecule has 0 spiro atoms. The zero-order chi connectivity index (χ0) is 53.6. The lowest BCUT2D eigenvalue weighted by atomic mass is 10.00. The van der Waals surface area contributed by atoms with Crippen LogP contribution in [0.3, 0.4) is 0 Å². The van der Waals surface area contributed by atoms with E-state index < -0.39 is 59.7 Å². The third kappa shape index (κ3) is 18.7. The summed E-state index contributed by atoms with van der Waals surface area (Å²) in [6, 6.07) is 12.3. The number of thioether (sulfide) groups is 1. The van der Waals surface area contributed by atoms with Gasteiger partial charge in [-0.05, 0) is 49.1 Å². The molecule has 2 saturated heterocycles. The van der Waals surface area contributed by atoms with Crippen molar-refractivity contribution in [2.75, 3.05) is 84.8 Å². The van der Waals surface area contributed by atoms with Gasteiger partial charge in [-0.1, -0.05) is 48.9 Å². The third-order valence-corrected chi connectivity index (χ3v) is 13.6. The number of halogens is 5. The highest BCUT2D eigenvalue weighted by atomic mass is 32.2. The van der Waals surface area contributed by atoms with Crippen molar-refractivity contribution in [3.63, 3.8) is 0 Å². The molecule has 0 bridgehead atoms. The fourth-order valence-electron chi connectivity index (χ4n) is 8.14. The maximum absolute atomic E-state index is 14.0. The van der Waals surface area contributed by atoms with E-state index in [4.69, 9.17) is 23.7 Å². The first kappa shape index (κ1) is 58.3. The predicted octanol–water partition coefficient (Wildman–Crippen LogP) is 4.24. The number of carbonyl (C=O) groups is 5. The number of nitrogens with one attached hydrogen (secondary N) is 7. The van der Waals surface area contributed by atoms with Gasteiger partial charge in [0, 0.05) is 60.8 Å². The number of unbranched alkanes of at least 4 members (excludes halogenated alkanes) is 1. The topological polar surface area (TPSA) is 240 Å². The normalized spacial score (nSPS) is 18.1. The van der Waals surface area contributed by atoms with E-state index in [9.17, 15) is 45.9 Å². The summed E-state index contributed by atoms with van der Waals surface area (Å²) in [7, 11) is 0. The maximum Gasteiger partial charge on any atom is 0.442 e. The fraction of sp³-hybridized carbons (Fsp3) is 0.540. The van der Waals surface area contributed by atoms with Gasteiger partial charge < -0.3 is 60.9 Å². The molecular weight excluding hydrogens is 1010 g/mol. The molecule has 25 heteroatoms. The smallest absolute Gasteiger partial charge is 0.442 e. The molecule has 0 unspecified atom stereocenters. The molecule has 2 fully saturated rings. The number of rotatable bonds is 34. The molecule has 3 aromatic rings. The first-order valence-electron chi connectivity index (χ1n) is 24.7. The van der Waals surface area contributed by atoms with Crippen molar-refractivity contribution in [3.8, 4) is 5.75 Å². The monoisotopic (exact) mass is 1080 g/mol. The largest absolute Gasteiger partial charge is 0.491 e. The fourth-order valence-corrected chi connectivity index (χ4v) is 9.69. The number of carbonyl (C=O) groups excluding carboxylic acids is 5. The van der Waals surface area contributed by atoms with Crippen LogP contribution in [0.4, 0.5) is 26.7 Å². The van der Waals surface area contributed by atoms with Crippen molar-refractivity contribution in [2.45, 2.75) is 86.8 Å². The van der Waals surface area contributed by atoms with Crippen LogP contribution in [0.2, 0.25) is 0 Å². The number of hydrogen-bond acceptors (Lipinski definition) is 14. The molecule has 3 aliphatic rings. The summed E-state index contributed by atoms with van der Waals surface area (Å²) in [5.41, 5.74) is -2.30. The van der Waals surface area contributed by atoms with Gasteiger partial charge in [0.2, 0.25) is 23.6 Å². The van der Waals surface area contributed by atoms with Crippen molar-refractivity contribution in [1.82, 2.24) is 37.2 Å². The summed E-state index contributed by atoms with van der Waals surface area (Å²) in [6.07, 6.45) is -2.07. The molecule has 6 rings (SSSR count). The molecule has 6 amide bonds. The molecule has 0 aliphatic carbocycles. The van der Waals surface area contributed by atoms with Gasteiger partial charge in [0.05, 0.1) is 71.4 Å². The van der Waals surface area contributed by atoms with Crippen molar-refractivity contribution in [2.24, 2.45) is 10.2 Å². The molecule has 410 valence electrons. The highest BCUT2D eigenvalue weighted by Crippen LogP contribution is 2.53. The quantitative estimate of drug-likeness (QED) is 0.0253. The van der Waals surface area contributed by atoms with Gasteiger partial charge in [0.25, 0.3) is 0 Å². The Morgan fingerprint density at radius 1 is 0.760 bits per heavy atom. The summed E-state index contributed by atoms with van der Waals surface area (Å²) in [4.78, 5) is 63.3. The Hall–Kier alpha value is -5.99. The highest BCUT2D eigenvalue weighted by Gasteiger charge is 2.65. The molecule has 3 aliphatic heterocycles.